The number of thioether (sulfide) groups is 1. The maximum atomic E-state index is 3.68. The van der Waals surface area contributed by atoms with Crippen LogP contribution in [0.1, 0.15) is 46.0 Å². The second kappa shape index (κ2) is 8.39. The van der Waals surface area contributed by atoms with E-state index in [2.05, 4.69) is 42.1 Å². The molecule has 1 aliphatic carbocycles. The van der Waals surface area contributed by atoms with Crippen molar-refractivity contribution < 1.29 is 0 Å². The fourth-order valence-corrected chi connectivity index (χ4v) is 3.69. The van der Waals surface area contributed by atoms with Crippen LogP contribution in [0.3, 0.4) is 0 Å². The fourth-order valence-electron chi connectivity index (χ4n) is 2.74. The third-order valence-electron chi connectivity index (χ3n) is 4.14. The van der Waals surface area contributed by atoms with Crippen molar-refractivity contribution in [3.05, 3.63) is 0 Å². The molecule has 1 N–H and O–H groups in total. The van der Waals surface area contributed by atoms with E-state index in [9.17, 15) is 0 Å². The van der Waals surface area contributed by atoms with Crippen LogP contribution in [-0.2, 0) is 0 Å². The number of likely N-dealkylation sites (N-methyl/N-ethyl adjacent to an activating group) is 1. The van der Waals surface area contributed by atoms with Gasteiger partial charge in [-0.3, -0.25) is 0 Å². The van der Waals surface area contributed by atoms with Gasteiger partial charge in [0.05, 0.1) is 0 Å². The quantitative estimate of drug-likeness (QED) is 0.674. The molecule has 0 spiro atoms. The highest BCUT2D eigenvalue weighted by molar-refractivity contribution is 8.00. The zero-order valence-corrected chi connectivity index (χ0v) is 12.7. The molecule has 0 atom stereocenters. The van der Waals surface area contributed by atoms with E-state index in [1.807, 2.05) is 0 Å². The summed E-state index contributed by atoms with van der Waals surface area (Å²) in [6.45, 7) is 10.4. The summed E-state index contributed by atoms with van der Waals surface area (Å²) in [6, 6.07) is 0. The van der Waals surface area contributed by atoms with Gasteiger partial charge in [0.1, 0.15) is 0 Å². The summed E-state index contributed by atoms with van der Waals surface area (Å²) in [6.07, 6.45) is 9.41. The molecule has 0 aliphatic heterocycles. The number of hydrogen-bond acceptors (Lipinski definition) is 3. The molecule has 3 heteroatoms. The summed E-state index contributed by atoms with van der Waals surface area (Å²) in [5.74, 6) is 0. The lowest BCUT2D eigenvalue weighted by Crippen LogP contribution is -2.42. The van der Waals surface area contributed by atoms with E-state index < -0.39 is 0 Å². The van der Waals surface area contributed by atoms with E-state index in [-0.39, 0.29) is 0 Å². The van der Waals surface area contributed by atoms with Crippen molar-refractivity contribution in [2.24, 2.45) is 0 Å². The van der Waals surface area contributed by atoms with Crippen LogP contribution >= 0.6 is 11.8 Å². The van der Waals surface area contributed by atoms with E-state index in [1.54, 1.807) is 0 Å². The minimum absolute atomic E-state index is 0.543. The van der Waals surface area contributed by atoms with E-state index in [0.717, 1.165) is 6.54 Å². The first-order valence-corrected chi connectivity index (χ1v) is 8.47. The highest BCUT2D eigenvalue weighted by Gasteiger charge is 2.30. The maximum Gasteiger partial charge on any atom is 0.0281 e. The van der Waals surface area contributed by atoms with Crippen molar-refractivity contribution in [2.75, 3.05) is 39.0 Å². The van der Waals surface area contributed by atoms with Gasteiger partial charge in [0, 0.05) is 24.4 Å². The van der Waals surface area contributed by atoms with Crippen molar-refractivity contribution >= 4 is 11.8 Å². The molecule has 1 aliphatic rings. The smallest absolute Gasteiger partial charge is 0.0281 e. The Labute approximate surface area is 112 Å². The molecule has 1 saturated carbocycles. The Bertz CT molecular complexity index is 187. The summed E-state index contributed by atoms with van der Waals surface area (Å²) < 4.78 is 0.543. The monoisotopic (exact) mass is 258 g/mol. The number of nitrogens with one attached hydrogen (secondary N) is 1. The van der Waals surface area contributed by atoms with E-state index >= 15 is 0 Å². The topological polar surface area (TPSA) is 15.3 Å². The Morgan fingerprint density at radius 1 is 1.12 bits per heavy atom. The SMILES string of the molecule is CCN(CC)CCNCC1(SC)CCCCC1. The second-order valence-corrected chi connectivity index (χ2v) is 6.43. The Morgan fingerprint density at radius 2 is 1.76 bits per heavy atom. The van der Waals surface area contributed by atoms with Crippen molar-refractivity contribution in [1.29, 1.82) is 0 Å². The lowest BCUT2D eigenvalue weighted by atomic mass is 9.88. The van der Waals surface area contributed by atoms with Crippen LogP contribution in [0.5, 0.6) is 0 Å². The van der Waals surface area contributed by atoms with Gasteiger partial charge in [-0.25, -0.2) is 0 Å². The predicted octanol–water partition coefficient (Wildman–Crippen LogP) is 2.98. The lowest BCUT2D eigenvalue weighted by Gasteiger charge is -2.36. The number of rotatable bonds is 8. The summed E-state index contributed by atoms with van der Waals surface area (Å²) in [7, 11) is 0. The predicted molar refractivity (Wildman–Crippen MR) is 80.0 cm³/mol. The Hall–Kier alpha value is 0.270. The molecule has 0 aromatic carbocycles. The molecular formula is C14H30N2S. The lowest BCUT2D eigenvalue weighted by molar-refractivity contribution is 0.295. The molecule has 0 aromatic rings. The van der Waals surface area contributed by atoms with Crippen LogP contribution in [0.15, 0.2) is 0 Å². The van der Waals surface area contributed by atoms with Crippen molar-refractivity contribution in [1.82, 2.24) is 10.2 Å². The van der Waals surface area contributed by atoms with Gasteiger partial charge in [-0.05, 0) is 32.2 Å². The highest BCUT2D eigenvalue weighted by Crippen LogP contribution is 2.37. The average molecular weight is 258 g/mol. The number of nitrogens with zero attached hydrogens (tertiary/aromatic N) is 1. The van der Waals surface area contributed by atoms with Crippen molar-refractivity contribution in [3.8, 4) is 0 Å². The molecule has 0 bridgehead atoms. The highest BCUT2D eigenvalue weighted by atomic mass is 32.2. The van der Waals surface area contributed by atoms with Gasteiger partial charge >= 0.3 is 0 Å². The van der Waals surface area contributed by atoms with Gasteiger partial charge in [-0.2, -0.15) is 11.8 Å². The summed E-state index contributed by atoms with van der Waals surface area (Å²) >= 11 is 2.09. The largest absolute Gasteiger partial charge is 0.314 e. The zero-order chi connectivity index (χ0) is 12.6. The summed E-state index contributed by atoms with van der Waals surface area (Å²) in [5.41, 5.74) is 0. The van der Waals surface area contributed by atoms with Gasteiger partial charge in [-0.1, -0.05) is 33.1 Å². The third-order valence-corrected chi connectivity index (χ3v) is 5.56. The standard InChI is InChI=1S/C14H30N2S/c1-4-16(5-2)12-11-15-13-14(17-3)9-7-6-8-10-14/h15H,4-13H2,1-3H3. The van der Waals surface area contributed by atoms with Gasteiger partial charge < -0.3 is 10.2 Å². The molecule has 1 fully saturated rings. The maximum absolute atomic E-state index is 3.68. The van der Waals surface area contributed by atoms with Crippen LogP contribution < -0.4 is 5.32 Å². The summed E-state index contributed by atoms with van der Waals surface area (Å²) in [4.78, 5) is 2.49. The average Bonchev–Trinajstić information content (AvgIpc) is 2.40. The van der Waals surface area contributed by atoms with Gasteiger partial charge in [0.15, 0.2) is 0 Å². The molecule has 2 nitrogen and oxygen atoms in total. The van der Waals surface area contributed by atoms with Crippen LogP contribution in [0.4, 0.5) is 0 Å². The molecular weight excluding hydrogens is 228 g/mol. The van der Waals surface area contributed by atoms with Gasteiger partial charge in [0.2, 0.25) is 0 Å². The molecule has 0 unspecified atom stereocenters. The Morgan fingerprint density at radius 3 is 2.29 bits per heavy atom. The second-order valence-electron chi connectivity index (χ2n) is 5.15. The fraction of sp³-hybridized carbons (Fsp3) is 1.00. The van der Waals surface area contributed by atoms with Gasteiger partial charge in [0.25, 0.3) is 0 Å². The van der Waals surface area contributed by atoms with Crippen molar-refractivity contribution in [2.45, 2.75) is 50.7 Å². The molecule has 0 aromatic heterocycles. The molecule has 0 heterocycles. The van der Waals surface area contributed by atoms with Crippen LogP contribution in [0.2, 0.25) is 0 Å². The van der Waals surface area contributed by atoms with E-state index in [4.69, 9.17) is 0 Å². The first-order valence-electron chi connectivity index (χ1n) is 7.24. The van der Waals surface area contributed by atoms with E-state index in [0.29, 0.717) is 4.75 Å². The number of hydrogen-bond donors (Lipinski definition) is 1. The summed E-state index contributed by atoms with van der Waals surface area (Å²) in [5, 5.41) is 3.68. The third kappa shape index (κ3) is 5.19. The molecule has 0 saturated heterocycles. The molecule has 17 heavy (non-hydrogen) atoms. The van der Waals surface area contributed by atoms with Gasteiger partial charge in [-0.15, -0.1) is 0 Å². The normalized spacial score (nSPS) is 19.8. The van der Waals surface area contributed by atoms with Crippen LogP contribution in [0.25, 0.3) is 0 Å². The molecule has 0 amide bonds. The molecule has 0 radical (unpaired) electrons. The molecule has 102 valence electrons. The van der Waals surface area contributed by atoms with Crippen molar-refractivity contribution in [3.63, 3.8) is 0 Å². The minimum Gasteiger partial charge on any atom is -0.314 e. The zero-order valence-electron chi connectivity index (χ0n) is 11.9. The first-order chi connectivity index (χ1) is 8.26. The van der Waals surface area contributed by atoms with E-state index in [1.165, 1.54) is 58.3 Å². The molecule has 1 rings (SSSR count). The first kappa shape index (κ1) is 15.3. The van der Waals surface area contributed by atoms with Crippen LogP contribution in [-0.4, -0.2) is 48.6 Å². The Balaban J connectivity index is 2.19. The van der Waals surface area contributed by atoms with Crippen LogP contribution in [0, 0.1) is 0 Å². The Kier molecular flexibility index (Phi) is 7.56. The minimum atomic E-state index is 0.543.